The topological polar surface area (TPSA) is 240 Å². The van der Waals surface area contributed by atoms with Crippen LogP contribution in [0.5, 0.6) is 0 Å². The molecule has 28 heteroatoms. The van der Waals surface area contributed by atoms with Crippen molar-refractivity contribution in [3.63, 3.8) is 0 Å². The molecule has 16 aromatic rings. The molecule has 3 fully saturated rings. The van der Waals surface area contributed by atoms with Crippen molar-refractivity contribution in [3.8, 4) is 90.8 Å². The van der Waals surface area contributed by atoms with Gasteiger partial charge in [-0.1, -0.05) is 87.1 Å². The maximum Gasteiger partial charge on any atom is 0.291 e. The van der Waals surface area contributed by atoms with E-state index in [1.807, 2.05) is 23.0 Å². The van der Waals surface area contributed by atoms with Gasteiger partial charge in [0, 0.05) is 46.9 Å². The lowest BCUT2D eigenvalue weighted by Crippen LogP contribution is -2.12. The van der Waals surface area contributed by atoms with Gasteiger partial charge in [-0.3, -0.25) is 19.2 Å². The monoisotopic (exact) mass is 1720 g/mol. The maximum absolute atomic E-state index is 13.9. The second kappa shape index (κ2) is 38.8. The molecule has 0 aliphatic heterocycles. The average Bonchev–Trinajstić information content (AvgIpc) is 1.64. The van der Waals surface area contributed by atoms with E-state index < -0.39 is 46.9 Å². The second-order valence-corrected chi connectivity index (χ2v) is 31.2. The first-order valence-corrected chi connectivity index (χ1v) is 41.7. The minimum atomic E-state index is -0.565. The maximum atomic E-state index is 13.9. The third kappa shape index (κ3) is 19.8. The highest BCUT2D eigenvalue weighted by molar-refractivity contribution is 6.05. The summed E-state index contributed by atoms with van der Waals surface area (Å²) in [6.45, 7) is 4.78. The van der Waals surface area contributed by atoms with Gasteiger partial charge in [-0.05, 0) is 252 Å². The Kier molecular flexibility index (Phi) is 26.2. The Morgan fingerprint density at radius 2 is 0.591 bits per heavy atom. The van der Waals surface area contributed by atoms with Crippen molar-refractivity contribution in [3.05, 3.63) is 338 Å². The molecule has 19 rings (SSSR count). The molecule has 4 amide bonds. The van der Waals surface area contributed by atoms with E-state index in [0.29, 0.717) is 57.4 Å². The summed E-state index contributed by atoms with van der Waals surface area (Å²) in [7, 11) is 0. The molecular weight excluding hydrogens is 1640 g/mol. The fraction of sp³-hybridized carbons (Fsp3) is 0.192. The molecule has 127 heavy (non-hydrogen) atoms. The summed E-state index contributed by atoms with van der Waals surface area (Å²) in [5, 5.41) is 10.1. The van der Waals surface area contributed by atoms with E-state index in [9.17, 15) is 54.3 Å². The molecule has 644 valence electrons. The Balaban J connectivity index is 0.000000125. The molecule has 0 saturated heterocycles. The first kappa shape index (κ1) is 85.6. The van der Waals surface area contributed by atoms with Crippen molar-refractivity contribution >= 4 is 46.4 Å². The van der Waals surface area contributed by atoms with Gasteiger partial charge in [0.15, 0.2) is 46.1 Å². The number of amides is 4. The Bertz CT molecular complexity index is 6340. The summed E-state index contributed by atoms with van der Waals surface area (Å²) in [5.74, 6) is -2.97. The highest BCUT2D eigenvalue weighted by Crippen LogP contribution is 2.44. The largest absolute Gasteiger partial charge is 0.449 e. The Morgan fingerprint density at radius 3 is 0.906 bits per heavy atom. The third-order valence-corrected chi connectivity index (χ3v) is 22.4. The number of anilines is 4. The minimum absolute atomic E-state index is 0.0369. The zero-order valence-corrected chi connectivity index (χ0v) is 68.8. The summed E-state index contributed by atoms with van der Waals surface area (Å²) in [5.41, 5.74) is 8.78. The average molecular weight is 1720 g/mol. The van der Waals surface area contributed by atoms with Gasteiger partial charge >= 0.3 is 0 Å². The molecule has 0 spiro atoms. The lowest BCUT2D eigenvalue weighted by atomic mass is 10.1. The molecule has 0 atom stereocenters. The number of furan rings is 4. The van der Waals surface area contributed by atoms with Crippen LogP contribution in [-0.4, -0.2) is 61.8 Å². The van der Waals surface area contributed by atoms with Crippen LogP contribution < -0.4 is 21.3 Å². The smallest absolute Gasteiger partial charge is 0.291 e. The van der Waals surface area contributed by atoms with Crippen molar-refractivity contribution in [2.45, 2.75) is 116 Å². The van der Waals surface area contributed by atoms with Crippen LogP contribution in [0, 0.1) is 52.5 Å². The van der Waals surface area contributed by atoms with Crippen molar-refractivity contribution in [2.75, 3.05) is 21.3 Å². The van der Waals surface area contributed by atoms with Crippen molar-refractivity contribution in [2.24, 2.45) is 5.92 Å². The minimum Gasteiger partial charge on any atom is -0.449 e. The zero-order valence-electron chi connectivity index (χ0n) is 68.8. The molecule has 0 bridgehead atoms. The summed E-state index contributed by atoms with van der Waals surface area (Å²) in [4.78, 5) is 68.8. The molecule has 8 aromatic carbocycles. The zero-order chi connectivity index (χ0) is 88.2. The van der Waals surface area contributed by atoms with Crippen LogP contribution in [0.3, 0.4) is 0 Å². The van der Waals surface area contributed by atoms with Gasteiger partial charge in [0.2, 0.25) is 0 Å². The van der Waals surface area contributed by atoms with Gasteiger partial charge in [-0.25, -0.2) is 55.1 Å². The number of halogens is 8. The molecule has 4 N–H and O–H groups in total. The number of hydrogen-bond donors (Lipinski definition) is 4. The summed E-state index contributed by atoms with van der Waals surface area (Å²) in [6.07, 6.45) is 20.5. The fourth-order valence-electron chi connectivity index (χ4n) is 16.0. The predicted octanol–water partition coefficient (Wildman–Crippen LogP) is 25.4. The first-order valence-electron chi connectivity index (χ1n) is 41.7. The van der Waals surface area contributed by atoms with E-state index >= 15 is 0 Å². The van der Waals surface area contributed by atoms with Crippen molar-refractivity contribution < 1.29 is 72.0 Å². The van der Waals surface area contributed by atoms with E-state index in [0.717, 1.165) is 110 Å². The number of aromatic nitrogens is 8. The van der Waals surface area contributed by atoms with E-state index in [-0.39, 0.29) is 87.2 Å². The van der Waals surface area contributed by atoms with Gasteiger partial charge in [-0.15, -0.1) is 0 Å². The Hall–Kier alpha value is -15.0. The van der Waals surface area contributed by atoms with Gasteiger partial charge < -0.3 is 57.2 Å². The van der Waals surface area contributed by atoms with E-state index in [4.69, 9.17) is 17.7 Å². The number of imidazole rings is 4. The second-order valence-electron chi connectivity index (χ2n) is 31.2. The van der Waals surface area contributed by atoms with Crippen LogP contribution in [0.25, 0.3) is 90.8 Å². The summed E-state index contributed by atoms with van der Waals surface area (Å²) >= 11 is 0. The fourth-order valence-corrected chi connectivity index (χ4v) is 16.0. The van der Waals surface area contributed by atoms with Crippen molar-refractivity contribution in [1.29, 1.82) is 0 Å². The van der Waals surface area contributed by atoms with Crippen LogP contribution in [0.15, 0.2) is 286 Å². The number of para-hydroxylation sites is 4. The molecule has 3 aliphatic rings. The van der Waals surface area contributed by atoms with Gasteiger partial charge in [0.05, 0.1) is 70.8 Å². The van der Waals surface area contributed by atoms with Gasteiger partial charge in [0.25, 0.3) is 23.6 Å². The van der Waals surface area contributed by atoms with Crippen LogP contribution in [0.4, 0.5) is 57.9 Å². The molecule has 0 radical (unpaired) electrons. The van der Waals surface area contributed by atoms with E-state index in [1.165, 1.54) is 116 Å². The van der Waals surface area contributed by atoms with Gasteiger partial charge in [-0.2, -0.15) is 0 Å². The lowest BCUT2D eigenvalue weighted by Gasteiger charge is -2.15. The van der Waals surface area contributed by atoms with Crippen molar-refractivity contribution in [1.82, 2.24) is 38.2 Å². The molecule has 0 unspecified atom stereocenters. The standard InChI is InChI=1S/C26H23F2N3O2.2C25H21F2N3O2.C23H19F2N3O2/c27-19-11-9-18(10-12-19)24-25(31(16-29-24)15-17-5-1-2-6-17)22-13-14-23(33-22)26(32)30-21-8-4-3-7-20(21)28;2*26-17-11-9-16(10-12-17)23-24(30(15-28-23)18-5-1-2-6-18)21-13-14-22(32-21)25(31)29-20-8-4-3-7-19(20)27;1-14(2)28-13-26-21(15-7-9-16(24)10-8-15)22(28)19-11-12-20(30-19)23(29)27-18-6-4-3-5-17(18)25/h3-4,7-14,16-17H,1-2,5-6,15H2,(H,30,32);2*3-4,7-15,18H,1-2,5-6H2,(H,29,31);3-14H,1-2H3,(H,27,29). The lowest BCUT2D eigenvalue weighted by molar-refractivity contribution is 0.0989. The van der Waals surface area contributed by atoms with Gasteiger partial charge in [0.1, 0.15) is 69.3 Å². The van der Waals surface area contributed by atoms with Crippen LogP contribution >= 0.6 is 0 Å². The predicted molar refractivity (Wildman–Crippen MR) is 466 cm³/mol. The highest BCUT2D eigenvalue weighted by atomic mass is 19.2. The normalized spacial score (nSPS) is 13.3. The number of rotatable bonds is 21. The third-order valence-electron chi connectivity index (χ3n) is 22.4. The number of hydrogen-bond acceptors (Lipinski definition) is 12. The van der Waals surface area contributed by atoms with E-state index in [1.54, 1.807) is 165 Å². The molecule has 8 aromatic heterocycles. The SMILES string of the molecule is CC(C)n1cnc(-c2ccc(F)cc2)c1-c1ccc(C(=O)Nc2ccccc2F)o1.O=C(Nc1ccccc1F)c1ccc(-c2c(-c3ccc(F)cc3)ncn2C2CCCC2)o1.O=C(Nc1ccccc1F)c1ccc(-c2c(-c3ccc(F)cc3)ncn2C2CCCC2)o1.O=C(Nc1ccccc1F)c1ccc(-c2c(-c3ccc(F)cc3)ncn2CC2CCCC2)o1. The number of nitrogens with zero attached hydrogens (tertiary/aromatic N) is 8. The highest BCUT2D eigenvalue weighted by Gasteiger charge is 2.31. The quantitative estimate of drug-likeness (QED) is 0.0491. The first-order chi connectivity index (χ1) is 61.7. The molecule has 3 saturated carbocycles. The number of benzene rings is 8. The number of nitrogens with one attached hydrogen (secondary N) is 4. The summed E-state index contributed by atoms with van der Waals surface area (Å²) < 4.78 is 141. The molecule has 20 nitrogen and oxygen atoms in total. The van der Waals surface area contributed by atoms with E-state index in [2.05, 4.69) is 50.3 Å². The van der Waals surface area contributed by atoms with Crippen LogP contribution in [-0.2, 0) is 6.54 Å². The number of carbonyl (C=O) groups excluding carboxylic acids is 4. The number of carbonyl (C=O) groups is 4. The molecular formula is C99H84F8N12O8. The van der Waals surface area contributed by atoms with Crippen LogP contribution in [0.1, 0.15) is 151 Å². The Morgan fingerprint density at radius 1 is 0.323 bits per heavy atom. The van der Waals surface area contributed by atoms with Crippen LogP contribution in [0.2, 0.25) is 0 Å². The molecule has 3 aliphatic carbocycles. The summed E-state index contributed by atoms with van der Waals surface area (Å²) in [6, 6.07) is 61.8. The molecule has 8 heterocycles. The Labute approximate surface area is 724 Å².